The van der Waals surface area contributed by atoms with Gasteiger partial charge in [-0.2, -0.15) is 0 Å². The molecule has 0 aromatic heterocycles. The molecule has 2 nitrogen and oxygen atoms in total. The Hall–Kier alpha value is 0.920. The second kappa shape index (κ2) is 11.7. The van der Waals surface area contributed by atoms with Gasteiger partial charge in [0.15, 0.2) is 0 Å². The van der Waals surface area contributed by atoms with Crippen LogP contribution in [0.2, 0.25) is 0 Å². The van der Waals surface area contributed by atoms with E-state index in [1.165, 1.54) is 0 Å². The third kappa shape index (κ3) is 12.2. The van der Waals surface area contributed by atoms with Crippen LogP contribution in [0.4, 0.5) is 0 Å². The third-order valence-electron chi connectivity index (χ3n) is 1.07. The molecular formula is C6H15NaO2. The maximum atomic E-state index is 8.30. The Morgan fingerprint density at radius 1 is 0.778 bits per heavy atom. The van der Waals surface area contributed by atoms with E-state index in [1.54, 1.807) is 0 Å². The van der Waals surface area contributed by atoms with E-state index in [1.807, 2.05) is 0 Å². The van der Waals surface area contributed by atoms with Crippen LogP contribution in [-0.2, 0) is 0 Å². The molecule has 0 amide bonds. The van der Waals surface area contributed by atoms with Gasteiger partial charge in [0.25, 0.3) is 0 Å². The normalized spacial score (nSPS) is 8.67. The van der Waals surface area contributed by atoms with Gasteiger partial charge in [0.2, 0.25) is 0 Å². The Kier molecular flexibility index (Phi) is 16.3. The van der Waals surface area contributed by atoms with Crippen LogP contribution < -0.4 is 29.6 Å². The van der Waals surface area contributed by atoms with Gasteiger partial charge in [-0.05, 0) is 12.8 Å². The van der Waals surface area contributed by atoms with Gasteiger partial charge in [-0.3, -0.25) is 0 Å². The second-order valence-electron chi connectivity index (χ2n) is 1.86. The molecule has 0 aliphatic rings. The third-order valence-corrected chi connectivity index (χ3v) is 1.07. The molecule has 0 unspecified atom stereocenters. The fourth-order valence-corrected chi connectivity index (χ4v) is 0.577. The SMILES string of the molecule is OCCCCCCO.[H-].[Na+]. The van der Waals surface area contributed by atoms with Crippen LogP contribution in [-0.4, -0.2) is 23.4 Å². The topological polar surface area (TPSA) is 40.5 Å². The van der Waals surface area contributed by atoms with Crippen LogP contribution >= 0.6 is 0 Å². The molecule has 0 fully saturated rings. The summed E-state index contributed by atoms with van der Waals surface area (Å²) < 4.78 is 0. The smallest absolute Gasteiger partial charge is 1.00 e. The summed E-state index contributed by atoms with van der Waals surface area (Å²) in [6.45, 7) is 0.566. The van der Waals surface area contributed by atoms with Crippen molar-refractivity contribution in [2.45, 2.75) is 25.7 Å². The number of hydrogen-bond donors (Lipinski definition) is 2. The van der Waals surface area contributed by atoms with Crippen LogP contribution in [0, 0.1) is 0 Å². The predicted molar refractivity (Wildman–Crippen MR) is 33.8 cm³/mol. The average molecular weight is 142 g/mol. The van der Waals surface area contributed by atoms with E-state index in [4.69, 9.17) is 10.2 Å². The van der Waals surface area contributed by atoms with Crippen molar-refractivity contribution in [3.63, 3.8) is 0 Å². The molecule has 0 radical (unpaired) electrons. The molecule has 3 heteroatoms. The molecule has 0 heterocycles. The summed E-state index contributed by atoms with van der Waals surface area (Å²) in [7, 11) is 0. The molecule has 0 atom stereocenters. The Labute approximate surface area is 80.1 Å². The second-order valence-corrected chi connectivity index (χ2v) is 1.86. The summed E-state index contributed by atoms with van der Waals surface area (Å²) in [5.41, 5.74) is 0. The first kappa shape index (κ1) is 12.6. The van der Waals surface area contributed by atoms with Crippen molar-refractivity contribution < 1.29 is 41.2 Å². The van der Waals surface area contributed by atoms with Gasteiger partial charge >= 0.3 is 29.6 Å². The molecule has 0 saturated heterocycles. The fraction of sp³-hybridized carbons (Fsp3) is 1.00. The van der Waals surface area contributed by atoms with Gasteiger partial charge in [-0.25, -0.2) is 0 Å². The fourth-order valence-electron chi connectivity index (χ4n) is 0.577. The molecule has 9 heavy (non-hydrogen) atoms. The molecule has 0 aromatic rings. The molecule has 0 bridgehead atoms. The summed E-state index contributed by atoms with van der Waals surface area (Å²) in [5, 5.41) is 16.6. The van der Waals surface area contributed by atoms with E-state index in [-0.39, 0.29) is 44.2 Å². The first-order valence-corrected chi connectivity index (χ1v) is 3.13. The van der Waals surface area contributed by atoms with Crippen molar-refractivity contribution in [3.05, 3.63) is 0 Å². The van der Waals surface area contributed by atoms with E-state index >= 15 is 0 Å². The first-order chi connectivity index (χ1) is 3.91. The maximum absolute atomic E-state index is 8.30. The van der Waals surface area contributed by atoms with Crippen LogP contribution in [0.3, 0.4) is 0 Å². The van der Waals surface area contributed by atoms with Gasteiger partial charge in [-0.1, -0.05) is 12.8 Å². The Balaban J connectivity index is -0.000000245. The average Bonchev–Trinajstić information content (AvgIpc) is 1.81. The summed E-state index contributed by atoms with van der Waals surface area (Å²) >= 11 is 0. The van der Waals surface area contributed by atoms with Crippen LogP contribution in [0.15, 0.2) is 0 Å². The van der Waals surface area contributed by atoms with Gasteiger partial charge in [0.05, 0.1) is 0 Å². The van der Waals surface area contributed by atoms with Crippen molar-refractivity contribution in [1.82, 2.24) is 0 Å². The zero-order valence-corrected chi connectivity index (χ0v) is 8.14. The molecular weight excluding hydrogens is 127 g/mol. The predicted octanol–water partition coefficient (Wildman–Crippen LogP) is -2.35. The largest absolute Gasteiger partial charge is 1.00 e. The Morgan fingerprint density at radius 3 is 1.33 bits per heavy atom. The van der Waals surface area contributed by atoms with Crippen molar-refractivity contribution in [1.29, 1.82) is 0 Å². The monoisotopic (exact) mass is 142 g/mol. The Bertz CT molecular complexity index is 40.7. The summed E-state index contributed by atoms with van der Waals surface area (Å²) in [5.74, 6) is 0. The van der Waals surface area contributed by atoms with Crippen molar-refractivity contribution >= 4 is 0 Å². The molecule has 0 saturated carbocycles. The molecule has 0 aliphatic carbocycles. The molecule has 0 spiro atoms. The molecule has 0 aliphatic heterocycles. The molecule has 0 rings (SSSR count). The van der Waals surface area contributed by atoms with E-state index < -0.39 is 0 Å². The number of rotatable bonds is 5. The summed E-state index contributed by atoms with van der Waals surface area (Å²) in [6, 6.07) is 0. The number of hydrogen-bond acceptors (Lipinski definition) is 2. The number of unbranched alkanes of at least 4 members (excludes halogenated alkanes) is 3. The van der Waals surface area contributed by atoms with E-state index in [9.17, 15) is 0 Å². The van der Waals surface area contributed by atoms with Gasteiger partial charge in [-0.15, -0.1) is 0 Å². The minimum absolute atomic E-state index is 0. The zero-order chi connectivity index (χ0) is 6.24. The quantitative estimate of drug-likeness (QED) is 0.333. The van der Waals surface area contributed by atoms with Gasteiger partial charge < -0.3 is 11.6 Å². The molecule has 52 valence electrons. The minimum atomic E-state index is 0. The number of aliphatic hydroxyl groups is 2. The van der Waals surface area contributed by atoms with Crippen LogP contribution in [0.25, 0.3) is 0 Å². The van der Waals surface area contributed by atoms with Crippen molar-refractivity contribution in [2.75, 3.05) is 13.2 Å². The van der Waals surface area contributed by atoms with Crippen LogP contribution in [0.1, 0.15) is 27.1 Å². The van der Waals surface area contributed by atoms with E-state index in [0.29, 0.717) is 0 Å². The molecule has 0 aromatic carbocycles. The van der Waals surface area contributed by atoms with E-state index in [2.05, 4.69) is 0 Å². The number of aliphatic hydroxyl groups excluding tert-OH is 2. The minimum Gasteiger partial charge on any atom is -1.00 e. The van der Waals surface area contributed by atoms with E-state index in [0.717, 1.165) is 25.7 Å². The summed E-state index contributed by atoms with van der Waals surface area (Å²) in [4.78, 5) is 0. The molecule has 2 N–H and O–H groups in total. The van der Waals surface area contributed by atoms with Gasteiger partial charge in [0.1, 0.15) is 0 Å². The summed E-state index contributed by atoms with van der Waals surface area (Å²) in [6.07, 6.45) is 3.83. The standard InChI is InChI=1S/C6H14O2.Na.H/c7-5-3-1-2-4-6-8;;/h7-8H,1-6H2;;/q;+1;-1. The van der Waals surface area contributed by atoms with Crippen molar-refractivity contribution in [3.8, 4) is 0 Å². The Morgan fingerprint density at radius 2 is 1.11 bits per heavy atom. The first-order valence-electron chi connectivity index (χ1n) is 3.13. The van der Waals surface area contributed by atoms with Crippen LogP contribution in [0.5, 0.6) is 0 Å². The zero-order valence-electron chi connectivity index (χ0n) is 7.14. The van der Waals surface area contributed by atoms with Gasteiger partial charge in [0, 0.05) is 13.2 Å². The maximum Gasteiger partial charge on any atom is 1.00 e. The van der Waals surface area contributed by atoms with Crippen molar-refractivity contribution in [2.24, 2.45) is 0 Å².